The van der Waals surface area contributed by atoms with Gasteiger partial charge in [-0.3, -0.25) is 9.59 Å². The molecule has 0 saturated heterocycles. The van der Waals surface area contributed by atoms with Crippen LogP contribution in [0.15, 0.2) is 54.6 Å². The van der Waals surface area contributed by atoms with Crippen LogP contribution in [0.5, 0.6) is 5.75 Å². The molecule has 0 aromatic heterocycles. The Morgan fingerprint density at radius 2 is 1.66 bits per heavy atom. The van der Waals surface area contributed by atoms with Crippen molar-refractivity contribution in [2.45, 2.75) is 39.5 Å². The van der Waals surface area contributed by atoms with Crippen LogP contribution in [0.1, 0.15) is 50.0 Å². The summed E-state index contributed by atoms with van der Waals surface area (Å²) in [6.07, 6.45) is 0.258. The molecule has 9 nitrogen and oxygen atoms in total. The number of carbonyl (C=O) groups excluding carboxylic acids is 3. The van der Waals surface area contributed by atoms with Crippen LogP contribution in [0.2, 0.25) is 0 Å². The van der Waals surface area contributed by atoms with Crippen molar-refractivity contribution < 1.29 is 27.5 Å². The molecule has 202 valence electrons. The van der Waals surface area contributed by atoms with Gasteiger partial charge in [-0.1, -0.05) is 70.2 Å². The summed E-state index contributed by atoms with van der Waals surface area (Å²) >= 11 is 0. The molecule has 0 radical (unpaired) electrons. The third-order valence-corrected chi connectivity index (χ3v) is 8.94. The highest BCUT2D eigenvalue weighted by Crippen LogP contribution is 2.44. The summed E-state index contributed by atoms with van der Waals surface area (Å²) in [6.45, 7) is 7.35. The van der Waals surface area contributed by atoms with Gasteiger partial charge in [0.15, 0.2) is 0 Å². The predicted octanol–water partition coefficient (Wildman–Crippen LogP) is 4.72. The monoisotopic (exact) mass is 540 g/mol. The van der Waals surface area contributed by atoms with E-state index in [1.54, 1.807) is 43.3 Å². The maximum atomic E-state index is 13.3. The summed E-state index contributed by atoms with van der Waals surface area (Å²) in [5.41, 5.74) is 5.96. The number of amides is 3. The number of rotatable bonds is 8. The van der Waals surface area contributed by atoms with Crippen molar-refractivity contribution in [1.82, 2.24) is 3.89 Å². The van der Waals surface area contributed by atoms with Gasteiger partial charge in [0, 0.05) is 11.6 Å². The van der Waals surface area contributed by atoms with Crippen LogP contribution >= 0.6 is 0 Å². The van der Waals surface area contributed by atoms with Gasteiger partial charge in [0.1, 0.15) is 5.75 Å². The van der Waals surface area contributed by atoms with Crippen LogP contribution in [-0.2, 0) is 20.2 Å². The number of nitrogens with one attached hydrogen (secondary N) is 1. The van der Waals surface area contributed by atoms with E-state index in [0.717, 1.165) is 5.39 Å². The number of ether oxygens (including phenoxy) is 1. The minimum atomic E-state index is -4.14. The van der Waals surface area contributed by atoms with Gasteiger partial charge in [-0.25, -0.2) is 4.79 Å². The molecule has 0 aliphatic rings. The van der Waals surface area contributed by atoms with Crippen molar-refractivity contribution in [3.05, 3.63) is 65.7 Å². The number of quaternary nitrogens is 1. The number of urea groups is 1. The molecular weight excluding hydrogens is 506 g/mol. The Hall–Kier alpha value is -3.76. The summed E-state index contributed by atoms with van der Waals surface area (Å²) in [4.78, 5) is 39.2. The van der Waals surface area contributed by atoms with Crippen molar-refractivity contribution in [2.75, 3.05) is 25.2 Å². The lowest BCUT2D eigenvalue weighted by Gasteiger charge is -2.31. The standard InChI is InChI=1S/C28H33N3O6S/c1-7-15-38(35,36)31(5,27(29)34)23-17-19(28(2,3)4)16-22(25(23)37-6)30-26(33)24(32)21-14-10-12-18-11-8-9-13-20(18)21/h8-14,16-17H,7,15H2,1-6H3,(H2-,29,30,33,34)/p+1. The van der Waals surface area contributed by atoms with E-state index in [-0.39, 0.29) is 34.9 Å². The number of sulfonamides is 1. The third kappa shape index (κ3) is 5.14. The first-order valence-corrected chi connectivity index (χ1v) is 13.8. The molecule has 38 heavy (non-hydrogen) atoms. The largest absolute Gasteiger partial charge is 0.489 e. The Labute approximate surface area is 223 Å². The molecule has 3 amide bonds. The van der Waals surface area contributed by atoms with E-state index in [0.29, 0.717) is 10.9 Å². The normalized spacial score (nSPS) is 13.5. The van der Waals surface area contributed by atoms with E-state index < -0.39 is 37.0 Å². The van der Waals surface area contributed by atoms with E-state index >= 15 is 0 Å². The molecule has 3 N–H and O–H groups in total. The number of methoxy groups -OCH3 is 1. The van der Waals surface area contributed by atoms with Crippen molar-refractivity contribution in [3.63, 3.8) is 0 Å². The number of nitrogens with zero attached hydrogens (tertiary/aromatic N) is 1. The number of benzene rings is 3. The molecule has 3 aromatic carbocycles. The Kier molecular flexibility index (Phi) is 7.99. The molecule has 0 aliphatic carbocycles. The second-order valence-corrected chi connectivity index (χ2v) is 12.5. The van der Waals surface area contributed by atoms with Crippen molar-refractivity contribution in [2.24, 2.45) is 5.73 Å². The number of hydrogen-bond acceptors (Lipinski definition) is 6. The van der Waals surface area contributed by atoms with Gasteiger partial charge in [0.05, 0.1) is 19.8 Å². The van der Waals surface area contributed by atoms with Crippen LogP contribution < -0.4 is 19.7 Å². The lowest BCUT2D eigenvalue weighted by atomic mass is 9.86. The van der Waals surface area contributed by atoms with Crippen LogP contribution in [0, 0.1) is 0 Å². The van der Waals surface area contributed by atoms with Gasteiger partial charge in [-0.05, 0) is 34.2 Å². The average Bonchev–Trinajstić information content (AvgIpc) is 2.86. The molecule has 3 rings (SSSR count). The minimum Gasteiger partial charge on any atom is -0.489 e. The molecule has 3 aromatic rings. The van der Waals surface area contributed by atoms with E-state index in [2.05, 4.69) is 5.32 Å². The second-order valence-electron chi connectivity index (χ2n) is 10.2. The van der Waals surface area contributed by atoms with Gasteiger partial charge in [0.2, 0.25) is 11.4 Å². The molecule has 1 unspecified atom stereocenters. The van der Waals surface area contributed by atoms with Crippen molar-refractivity contribution in [1.29, 1.82) is 0 Å². The van der Waals surface area contributed by atoms with E-state index in [1.807, 2.05) is 39.0 Å². The summed E-state index contributed by atoms with van der Waals surface area (Å²) in [7, 11) is -1.67. The smallest absolute Gasteiger partial charge is 0.434 e. The first-order valence-electron chi connectivity index (χ1n) is 12.1. The molecule has 0 saturated carbocycles. The highest BCUT2D eigenvalue weighted by molar-refractivity contribution is 7.91. The van der Waals surface area contributed by atoms with Crippen LogP contribution in [-0.4, -0.2) is 46.0 Å². The summed E-state index contributed by atoms with van der Waals surface area (Å²) in [6, 6.07) is 14.3. The number of nitrogens with two attached hydrogens (primary N) is 1. The van der Waals surface area contributed by atoms with Gasteiger partial charge < -0.3 is 15.8 Å². The predicted molar refractivity (Wildman–Crippen MR) is 150 cm³/mol. The first-order chi connectivity index (χ1) is 17.7. The number of hydrogen-bond donors (Lipinski definition) is 2. The number of primary amides is 1. The quantitative estimate of drug-likeness (QED) is 0.241. The van der Waals surface area contributed by atoms with Crippen LogP contribution in [0.4, 0.5) is 16.2 Å². The fourth-order valence-electron chi connectivity index (χ4n) is 4.24. The Morgan fingerprint density at radius 1 is 1.03 bits per heavy atom. The number of fused-ring (bicyclic) bond motifs is 1. The van der Waals surface area contributed by atoms with E-state index in [4.69, 9.17) is 10.5 Å². The maximum Gasteiger partial charge on any atom is 0.434 e. The van der Waals surface area contributed by atoms with Crippen LogP contribution in [0.3, 0.4) is 0 Å². The highest BCUT2D eigenvalue weighted by Gasteiger charge is 2.49. The Balaban J connectivity index is 2.22. The molecule has 10 heteroatoms. The molecule has 0 fully saturated rings. The number of anilines is 1. The highest BCUT2D eigenvalue weighted by atomic mass is 32.2. The summed E-state index contributed by atoms with van der Waals surface area (Å²) < 4.78 is 31.0. The number of ketones is 1. The third-order valence-electron chi connectivity index (χ3n) is 6.53. The van der Waals surface area contributed by atoms with Crippen molar-refractivity contribution >= 4 is 49.9 Å². The van der Waals surface area contributed by atoms with Gasteiger partial charge in [-0.15, -0.1) is 3.89 Å². The van der Waals surface area contributed by atoms with E-state index in [1.165, 1.54) is 14.2 Å². The fraction of sp³-hybridized carbons (Fsp3) is 0.321. The summed E-state index contributed by atoms with van der Waals surface area (Å²) in [5, 5.41) is 4.02. The zero-order chi connectivity index (χ0) is 28.5. The molecule has 0 aliphatic heterocycles. The topological polar surface area (TPSA) is 133 Å². The van der Waals surface area contributed by atoms with Crippen molar-refractivity contribution in [3.8, 4) is 5.75 Å². The molecule has 1 atom stereocenters. The SMILES string of the molecule is CCCS(=O)(=O)[N+](C)(C(N)=O)c1cc(C(C)(C)C)cc(NC(=O)C(=O)c2cccc3ccccc23)c1OC. The number of carbonyl (C=O) groups is 3. The zero-order valence-corrected chi connectivity index (χ0v) is 23.3. The number of Topliss-reactive ketones (excluding diaryl/α,β-unsaturated/α-hetero) is 1. The lowest BCUT2D eigenvalue weighted by molar-refractivity contribution is -0.112. The minimum absolute atomic E-state index is 0.0470. The summed E-state index contributed by atoms with van der Waals surface area (Å²) in [5.74, 6) is -2.12. The lowest BCUT2D eigenvalue weighted by Crippen LogP contribution is -2.58. The average molecular weight is 541 g/mol. The Bertz CT molecular complexity index is 1520. The van der Waals surface area contributed by atoms with Crippen LogP contribution in [0.25, 0.3) is 10.8 Å². The molecule has 0 heterocycles. The van der Waals surface area contributed by atoms with Gasteiger partial charge in [-0.2, -0.15) is 8.42 Å². The molecule has 0 spiro atoms. The Morgan fingerprint density at radius 3 is 2.24 bits per heavy atom. The fourth-order valence-corrected chi connectivity index (χ4v) is 5.83. The molecular formula is C28H34N3O6S+. The van der Waals surface area contributed by atoms with E-state index in [9.17, 15) is 22.8 Å². The maximum absolute atomic E-state index is 13.3. The van der Waals surface area contributed by atoms with Gasteiger partial charge in [0.25, 0.3) is 11.7 Å². The molecule has 0 bridgehead atoms. The van der Waals surface area contributed by atoms with Gasteiger partial charge >= 0.3 is 16.1 Å². The first kappa shape index (κ1) is 28.8. The zero-order valence-electron chi connectivity index (χ0n) is 22.5. The second kappa shape index (κ2) is 10.5.